The van der Waals surface area contributed by atoms with Crippen LogP contribution >= 0.6 is 0 Å². The lowest BCUT2D eigenvalue weighted by atomic mass is 10.1. The van der Waals surface area contributed by atoms with E-state index in [1.807, 2.05) is 18.2 Å². The van der Waals surface area contributed by atoms with Gasteiger partial charge in [-0.15, -0.1) is 0 Å². The summed E-state index contributed by atoms with van der Waals surface area (Å²) in [6.07, 6.45) is 0. The smallest absolute Gasteiger partial charge is 0.433 e. The topological polar surface area (TPSA) is 48.4 Å². The Kier molecular flexibility index (Phi) is 2.90. The minimum atomic E-state index is -0.0128. The Morgan fingerprint density at radius 3 is 2.50 bits per heavy atom. The van der Waals surface area contributed by atoms with E-state index in [0.717, 1.165) is 10.8 Å². The average molecular weight is 207 g/mol. The number of rotatable bonds is 0. The van der Waals surface area contributed by atoms with Crippen molar-refractivity contribution in [2.24, 2.45) is 0 Å². The fourth-order valence-electron chi connectivity index (χ4n) is 1.35. The molecule has 70 valence electrons. The lowest BCUT2D eigenvalue weighted by Gasteiger charge is -1.93. The zero-order valence-electron chi connectivity index (χ0n) is 7.18. The van der Waals surface area contributed by atoms with Crippen molar-refractivity contribution < 1.29 is 17.5 Å². The summed E-state index contributed by atoms with van der Waals surface area (Å²) in [5.41, 5.74) is 0.220. The summed E-state index contributed by atoms with van der Waals surface area (Å²) in [6, 6.07) is 10.7. The van der Waals surface area contributed by atoms with Gasteiger partial charge in [-0.3, -0.25) is 0 Å². The molecule has 0 aliphatic rings. The summed E-state index contributed by atoms with van der Waals surface area (Å²) in [4.78, 5) is 3.05. The predicted octanol–water partition coefficient (Wildman–Crippen LogP) is 0.0340. The normalized spacial score (nSPS) is 9.07. The van der Waals surface area contributed by atoms with E-state index in [1.165, 1.54) is 6.07 Å². The van der Waals surface area contributed by atoms with Crippen LogP contribution in [-0.2, 0) is 0 Å². The lowest BCUT2D eigenvalue weighted by Crippen LogP contribution is -3.00. The van der Waals surface area contributed by atoms with Crippen LogP contribution in [0.2, 0.25) is 0 Å². The molecule has 1 N–H and O–H groups in total. The highest BCUT2D eigenvalue weighted by molar-refractivity contribution is 5.97. The van der Waals surface area contributed by atoms with Crippen molar-refractivity contribution in [2.45, 2.75) is 0 Å². The monoisotopic (exact) mass is 206 g/mol. The van der Waals surface area contributed by atoms with Gasteiger partial charge in [0, 0.05) is 0 Å². The molecule has 4 heteroatoms. The van der Waals surface area contributed by atoms with Gasteiger partial charge in [-0.25, -0.2) is 0 Å². The second-order valence-electron chi connectivity index (χ2n) is 2.75. The quantitative estimate of drug-likeness (QED) is 0.619. The first kappa shape index (κ1) is 10.3. The number of phenolic OH excluding ortho intramolecular Hbond substituents is 1. The molecule has 0 unspecified atom stereocenters. The molecule has 3 nitrogen and oxygen atoms in total. The maximum Gasteiger partial charge on any atom is 0.433 e. The number of nitrogens with zero attached hydrogens (tertiary/aromatic N) is 2. The van der Waals surface area contributed by atoms with Gasteiger partial charge in [0.05, 0.1) is 5.39 Å². The lowest BCUT2D eigenvalue weighted by molar-refractivity contribution is -0.00000375. The molecule has 14 heavy (non-hydrogen) atoms. The second-order valence-corrected chi connectivity index (χ2v) is 2.75. The summed E-state index contributed by atoms with van der Waals surface area (Å²) in [5, 5.41) is 19.7. The van der Waals surface area contributed by atoms with Gasteiger partial charge in [0.15, 0.2) is 4.98 Å². The molecule has 0 atom stereocenters. The van der Waals surface area contributed by atoms with Crippen molar-refractivity contribution in [3.63, 3.8) is 0 Å². The van der Waals surface area contributed by atoms with Crippen LogP contribution in [0, 0.1) is 5.39 Å². The Hall–Kier alpha value is -1.79. The molecule has 0 amide bonds. The molecule has 0 saturated carbocycles. The van der Waals surface area contributed by atoms with E-state index in [0.29, 0.717) is 0 Å². The largest absolute Gasteiger partial charge is 1.00 e. The van der Waals surface area contributed by atoms with Gasteiger partial charge >= 0.3 is 5.69 Å². The minimum absolute atomic E-state index is 0. The fraction of sp³-hybridized carbons (Fsp3) is 0. The Morgan fingerprint density at radius 2 is 1.79 bits per heavy atom. The van der Waals surface area contributed by atoms with E-state index in [2.05, 4.69) is 4.98 Å². The van der Waals surface area contributed by atoms with Gasteiger partial charge in [0.25, 0.3) is 0 Å². The molecule has 0 bridgehead atoms. The third-order valence-electron chi connectivity index (χ3n) is 1.98. The Labute approximate surface area is 87.0 Å². The van der Waals surface area contributed by atoms with Crippen LogP contribution in [0.5, 0.6) is 5.75 Å². The van der Waals surface area contributed by atoms with E-state index in [-0.39, 0.29) is 23.8 Å². The molecule has 0 aromatic heterocycles. The van der Waals surface area contributed by atoms with Crippen molar-refractivity contribution in [3.8, 4) is 5.75 Å². The van der Waals surface area contributed by atoms with Crippen LogP contribution in [0.1, 0.15) is 0 Å². The van der Waals surface area contributed by atoms with Gasteiger partial charge in [-0.1, -0.05) is 24.3 Å². The molecule has 0 saturated heterocycles. The highest BCUT2D eigenvalue weighted by atomic mass is 35.5. The number of benzene rings is 2. The van der Waals surface area contributed by atoms with Crippen LogP contribution < -0.4 is 12.4 Å². The van der Waals surface area contributed by atoms with Gasteiger partial charge < -0.3 is 17.5 Å². The molecule has 0 aliphatic carbocycles. The van der Waals surface area contributed by atoms with Crippen LogP contribution in [-0.4, -0.2) is 5.11 Å². The standard InChI is InChI=1S/C10H6N2O.ClH/c11-12-10-8-4-2-1-3-7(8)5-6-9(10)13;/h1-6H;1H. The van der Waals surface area contributed by atoms with Gasteiger partial charge in [-0.05, 0) is 17.5 Å². The van der Waals surface area contributed by atoms with Crippen LogP contribution in [0.15, 0.2) is 36.4 Å². The average Bonchev–Trinajstić information content (AvgIpc) is 2.18. The summed E-state index contributed by atoms with van der Waals surface area (Å²) in [5.74, 6) is -0.0128. The van der Waals surface area contributed by atoms with Gasteiger partial charge in [0.2, 0.25) is 11.1 Å². The summed E-state index contributed by atoms with van der Waals surface area (Å²) in [7, 11) is 0. The second kappa shape index (κ2) is 3.95. The van der Waals surface area contributed by atoms with E-state index >= 15 is 0 Å². The Morgan fingerprint density at radius 1 is 1.07 bits per heavy atom. The van der Waals surface area contributed by atoms with Crippen LogP contribution in [0.25, 0.3) is 15.7 Å². The maximum absolute atomic E-state index is 9.35. The molecule has 0 radical (unpaired) electrons. The van der Waals surface area contributed by atoms with Crippen LogP contribution in [0.4, 0.5) is 5.69 Å². The highest BCUT2D eigenvalue weighted by Gasteiger charge is 2.16. The van der Waals surface area contributed by atoms with Gasteiger partial charge in [0.1, 0.15) is 0 Å². The molecular weight excluding hydrogens is 200 g/mol. The Balaban J connectivity index is 0.000000980. The SMILES string of the molecule is N#[N+]c1c(O)ccc2ccccc12.[Cl-]. The number of aromatic hydroxyl groups is 1. The number of fused-ring (bicyclic) bond motifs is 1. The number of diazo groups is 1. The summed E-state index contributed by atoms with van der Waals surface area (Å²) < 4.78 is 0. The molecule has 2 aromatic carbocycles. The third kappa shape index (κ3) is 1.48. The van der Waals surface area contributed by atoms with E-state index < -0.39 is 0 Å². The van der Waals surface area contributed by atoms with E-state index in [1.54, 1.807) is 12.1 Å². The van der Waals surface area contributed by atoms with Crippen molar-refractivity contribution in [1.29, 1.82) is 5.39 Å². The van der Waals surface area contributed by atoms with E-state index in [9.17, 15) is 5.11 Å². The predicted molar refractivity (Wildman–Crippen MR) is 50.4 cm³/mol. The molecular formula is C10H7ClN2O. The Bertz CT molecular complexity index is 505. The van der Waals surface area contributed by atoms with Crippen LogP contribution in [0.3, 0.4) is 0 Å². The van der Waals surface area contributed by atoms with E-state index in [4.69, 9.17) is 5.39 Å². The van der Waals surface area contributed by atoms with Crippen molar-refractivity contribution in [1.82, 2.24) is 0 Å². The minimum Gasteiger partial charge on any atom is -1.00 e. The summed E-state index contributed by atoms with van der Waals surface area (Å²) in [6.45, 7) is 0. The zero-order valence-corrected chi connectivity index (χ0v) is 7.94. The fourth-order valence-corrected chi connectivity index (χ4v) is 1.35. The van der Waals surface area contributed by atoms with Crippen molar-refractivity contribution in [2.75, 3.05) is 0 Å². The van der Waals surface area contributed by atoms with Gasteiger partial charge in [-0.2, -0.15) is 0 Å². The first-order valence-corrected chi connectivity index (χ1v) is 3.89. The zero-order chi connectivity index (χ0) is 9.26. The van der Waals surface area contributed by atoms with Crippen molar-refractivity contribution in [3.05, 3.63) is 41.4 Å². The third-order valence-corrected chi connectivity index (χ3v) is 1.98. The van der Waals surface area contributed by atoms with Crippen molar-refractivity contribution >= 4 is 16.5 Å². The first-order valence-electron chi connectivity index (χ1n) is 3.89. The first-order chi connectivity index (χ1) is 6.33. The summed E-state index contributed by atoms with van der Waals surface area (Å²) >= 11 is 0. The molecule has 0 aliphatic heterocycles. The molecule has 2 rings (SSSR count). The molecule has 0 spiro atoms. The molecule has 0 heterocycles. The molecule has 2 aromatic rings. The number of hydrogen-bond acceptors (Lipinski definition) is 2. The number of phenols is 1. The molecule has 0 fully saturated rings. The number of halogens is 1. The number of hydrogen-bond donors (Lipinski definition) is 1. The highest BCUT2D eigenvalue weighted by Crippen LogP contribution is 2.34. The maximum atomic E-state index is 9.35.